The second kappa shape index (κ2) is 9.04. The zero-order valence-electron chi connectivity index (χ0n) is 16.8. The number of aromatic nitrogens is 1. The average Bonchev–Trinajstić information content (AvgIpc) is 3.02. The van der Waals surface area contributed by atoms with E-state index in [0.29, 0.717) is 11.4 Å². The van der Waals surface area contributed by atoms with E-state index < -0.39 is 11.8 Å². The number of methoxy groups -OCH3 is 1. The molecule has 7 nitrogen and oxygen atoms in total. The molecule has 1 aromatic heterocycles. The normalized spacial score (nSPS) is 10.8. The van der Waals surface area contributed by atoms with Gasteiger partial charge >= 0.3 is 11.8 Å². The summed E-state index contributed by atoms with van der Waals surface area (Å²) in [6, 6.07) is 14.6. The Bertz CT molecular complexity index is 1090. The van der Waals surface area contributed by atoms with Gasteiger partial charge in [-0.25, -0.2) is 9.82 Å². The lowest BCUT2D eigenvalue weighted by Crippen LogP contribution is -2.32. The van der Waals surface area contributed by atoms with Crippen LogP contribution in [0.15, 0.2) is 59.7 Å². The topological polar surface area (TPSA) is 84.7 Å². The fourth-order valence-corrected chi connectivity index (χ4v) is 2.98. The van der Waals surface area contributed by atoms with Crippen molar-refractivity contribution in [2.75, 3.05) is 12.4 Å². The van der Waals surface area contributed by atoms with Crippen molar-refractivity contribution in [3.05, 3.63) is 77.4 Å². The summed E-state index contributed by atoms with van der Waals surface area (Å²) in [5.74, 6) is -1.40. The smallest absolute Gasteiger partial charge is 0.329 e. The first-order valence-corrected chi connectivity index (χ1v) is 9.12. The second-order valence-corrected chi connectivity index (χ2v) is 6.52. The Labute approximate surface area is 173 Å². The lowest BCUT2D eigenvalue weighted by molar-refractivity contribution is -0.136. The lowest BCUT2D eigenvalue weighted by Gasteiger charge is -2.09. The molecule has 0 aliphatic heterocycles. The number of rotatable bonds is 5. The van der Waals surface area contributed by atoms with Gasteiger partial charge in [0.05, 0.1) is 13.3 Å². The molecule has 3 rings (SSSR count). The quantitative estimate of drug-likeness (QED) is 0.386. The van der Waals surface area contributed by atoms with E-state index in [0.717, 1.165) is 22.6 Å². The summed E-state index contributed by atoms with van der Waals surface area (Å²) >= 11 is 0. The minimum atomic E-state index is -0.894. The summed E-state index contributed by atoms with van der Waals surface area (Å²) in [6.45, 7) is 3.80. The van der Waals surface area contributed by atoms with Crippen LogP contribution in [0.25, 0.3) is 5.69 Å². The Morgan fingerprint density at radius 1 is 1.03 bits per heavy atom. The molecule has 1 heterocycles. The zero-order valence-corrected chi connectivity index (χ0v) is 16.8. The number of anilines is 1. The van der Waals surface area contributed by atoms with Crippen LogP contribution in [0.1, 0.15) is 17.0 Å². The summed E-state index contributed by atoms with van der Waals surface area (Å²) in [7, 11) is 1.54. The fourth-order valence-electron chi connectivity index (χ4n) is 2.98. The number of nitrogens with zero attached hydrogens (tertiary/aromatic N) is 2. The van der Waals surface area contributed by atoms with Crippen LogP contribution < -0.4 is 15.5 Å². The predicted molar refractivity (Wildman–Crippen MR) is 113 cm³/mol. The minimum Gasteiger partial charge on any atom is -0.497 e. The van der Waals surface area contributed by atoms with E-state index >= 15 is 0 Å². The first-order chi connectivity index (χ1) is 14.4. The van der Waals surface area contributed by atoms with E-state index in [-0.39, 0.29) is 5.82 Å². The number of hydrogen-bond acceptors (Lipinski definition) is 4. The van der Waals surface area contributed by atoms with Crippen molar-refractivity contribution >= 4 is 23.7 Å². The van der Waals surface area contributed by atoms with Crippen molar-refractivity contribution in [2.45, 2.75) is 13.8 Å². The molecular weight excluding hydrogens is 387 g/mol. The molecule has 2 amide bonds. The van der Waals surface area contributed by atoms with E-state index in [1.807, 2.05) is 24.5 Å². The number of benzene rings is 2. The van der Waals surface area contributed by atoms with Gasteiger partial charge < -0.3 is 14.6 Å². The third-order valence-electron chi connectivity index (χ3n) is 4.48. The molecule has 2 N–H and O–H groups in total. The van der Waals surface area contributed by atoms with Crippen LogP contribution in [-0.2, 0) is 9.59 Å². The van der Waals surface area contributed by atoms with E-state index in [1.165, 1.54) is 25.5 Å². The van der Waals surface area contributed by atoms with E-state index in [4.69, 9.17) is 4.74 Å². The van der Waals surface area contributed by atoms with Crippen LogP contribution >= 0.6 is 0 Å². The highest BCUT2D eigenvalue weighted by Crippen LogP contribution is 2.20. The third kappa shape index (κ3) is 4.72. The first-order valence-electron chi connectivity index (χ1n) is 9.12. The zero-order chi connectivity index (χ0) is 21.7. The highest BCUT2D eigenvalue weighted by Gasteiger charge is 2.13. The van der Waals surface area contributed by atoms with Gasteiger partial charge in [0.25, 0.3) is 0 Å². The Balaban J connectivity index is 1.64. The highest BCUT2D eigenvalue weighted by atomic mass is 19.1. The van der Waals surface area contributed by atoms with Crippen molar-refractivity contribution in [3.63, 3.8) is 0 Å². The van der Waals surface area contributed by atoms with Crippen molar-refractivity contribution < 1.29 is 18.7 Å². The Hall–Kier alpha value is -3.94. The predicted octanol–water partition coefficient (Wildman–Crippen LogP) is 3.33. The van der Waals surface area contributed by atoms with E-state index in [9.17, 15) is 14.0 Å². The summed E-state index contributed by atoms with van der Waals surface area (Å²) in [4.78, 5) is 24.0. The summed E-state index contributed by atoms with van der Waals surface area (Å²) in [5.41, 5.74) is 6.03. The highest BCUT2D eigenvalue weighted by molar-refractivity contribution is 6.39. The number of hydrogen-bond donors (Lipinski definition) is 2. The number of carbonyl (C=O) groups excluding carboxylic acids is 2. The first kappa shape index (κ1) is 20.8. The van der Waals surface area contributed by atoms with Crippen molar-refractivity contribution in [1.29, 1.82) is 0 Å². The van der Waals surface area contributed by atoms with Crippen LogP contribution in [0.2, 0.25) is 0 Å². The molecule has 3 aromatic rings. The van der Waals surface area contributed by atoms with E-state index in [1.54, 1.807) is 36.4 Å². The van der Waals surface area contributed by atoms with Crippen molar-refractivity contribution in [1.82, 2.24) is 9.99 Å². The third-order valence-corrected chi connectivity index (χ3v) is 4.48. The molecule has 8 heteroatoms. The molecule has 0 aliphatic rings. The number of ether oxygens (including phenoxy) is 1. The molecule has 0 radical (unpaired) electrons. The minimum absolute atomic E-state index is 0.307. The lowest BCUT2D eigenvalue weighted by atomic mass is 10.2. The maximum Gasteiger partial charge on any atom is 0.329 e. The molecule has 0 spiro atoms. The van der Waals surface area contributed by atoms with Crippen molar-refractivity contribution in [3.8, 4) is 11.4 Å². The van der Waals surface area contributed by atoms with E-state index in [2.05, 4.69) is 15.8 Å². The monoisotopic (exact) mass is 408 g/mol. The second-order valence-electron chi connectivity index (χ2n) is 6.52. The van der Waals surface area contributed by atoms with Gasteiger partial charge in [-0.3, -0.25) is 9.59 Å². The molecule has 0 unspecified atom stereocenters. The summed E-state index contributed by atoms with van der Waals surface area (Å²) in [5, 5.41) is 6.35. The molecule has 2 aromatic carbocycles. The molecule has 154 valence electrons. The number of aryl methyl sites for hydroxylation is 1. The molecule has 0 saturated carbocycles. The Morgan fingerprint density at radius 2 is 1.70 bits per heavy atom. The molecule has 0 saturated heterocycles. The number of amides is 2. The summed E-state index contributed by atoms with van der Waals surface area (Å²) < 4.78 is 20.2. The van der Waals surface area contributed by atoms with Crippen LogP contribution in [0, 0.1) is 19.7 Å². The molecule has 0 bridgehead atoms. The van der Waals surface area contributed by atoms with Gasteiger partial charge in [0.2, 0.25) is 0 Å². The van der Waals surface area contributed by atoms with Crippen LogP contribution in [-0.4, -0.2) is 29.7 Å². The molecule has 30 heavy (non-hydrogen) atoms. The number of hydrazone groups is 1. The van der Waals surface area contributed by atoms with Gasteiger partial charge in [0.15, 0.2) is 0 Å². The van der Waals surface area contributed by atoms with Gasteiger partial charge in [-0.15, -0.1) is 0 Å². The van der Waals surface area contributed by atoms with Crippen LogP contribution in [0.3, 0.4) is 0 Å². The molecule has 0 aliphatic carbocycles. The number of halogens is 1. The maximum atomic E-state index is 13.2. The Morgan fingerprint density at radius 3 is 2.33 bits per heavy atom. The number of nitrogens with one attached hydrogen (secondary N) is 2. The van der Waals surface area contributed by atoms with Gasteiger partial charge in [-0.1, -0.05) is 0 Å². The largest absolute Gasteiger partial charge is 0.497 e. The summed E-state index contributed by atoms with van der Waals surface area (Å²) in [6.07, 6.45) is 1.46. The standard InChI is InChI=1S/C22H21FN4O3/c1-14-12-16(15(2)27(14)19-8-4-17(23)5-9-19)13-24-26-22(29)21(28)25-18-6-10-20(30-3)11-7-18/h4-13H,1-3H3,(H,25,28)(H,26,29)/b24-13-. The molecular formula is C22H21FN4O3. The molecule has 0 fully saturated rings. The molecule has 0 atom stereocenters. The van der Waals surface area contributed by atoms with Gasteiger partial charge in [0, 0.05) is 28.3 Å². The van der Waals surface area contributed by atoms with Gasteiger partial charge in [-0.2, -0.15) is 5.10 Å². The average molecular weight is 408 g/mol. The van der Waals surface area contributed by atoms with Gasteiger partial charge in [-0.05, 0) is 68.4 Å². The Kier molecular flexibility index (Phi) is 6.26. The van der Waals surface area contributed by atoms with Crippen LogP contribution in [0.4, 0.5) is 10.1 Å². The SMILES string of the molecule is COc1ccc(NC(=O)C(=O)N/N=C\c2cc(C)n(-c3ccc(F)cc3)c2C)cc1. The van der Waals surface area contributed by atoms with Gasteiger partial charge in [0.1, 0.15) is 11.6 Å². The number of carbonyl (C=O) groups is 2. The maximum absolute atomic E-state index is 13.2. The van der Waals surface area contributed by atoms with Crippen molar-refractivity contribution in [2.24, 2.45) is 5.10 Å². The fraction of sp³-hybridized carbons (Fsp3) is 0.136. The van der Waals surface area contributed by atoms with Crippen LogP contribution in [0.5, 0.6) is 5.75 Å².